The zero-order valence-electron chi connectivity index (χ0n) is 8.14. The molecule has 0 aliphatic carbocycles. The van der Waals surface area contributed by atoms with Gasteiger partial charge in [-0.15, -0.1) is 11.3 Å². The van der Waals surface area contributed by atoms with E-state index in [4.69, 9.17) is 11.6 Å². The van der Waals surface area contributed by atoms with Crippen LogP contribution in [0.25, 0.3) is 0 Å². The first-order valence-corrected chi connectivity index (χ1v) is 5.79. The number of aromatic nitrogens is 2. The highest BCUT2D eigenvalue weighted by atomic mass is 35.5. The van der Waals surface area contributed by atoms with Crippen LogP contribution in [0.15, 0.2) is 29.9 Å². The maximum atomic E-state index is 5.79. The van der Waals surface area contributed by atoms with Crippen molar-refractivity contribution in [2.75, 3.05) is 5.32 Å². The quantitative estimate of drug-likeness (QED) is 0.835. The average Bonchev–Trinajstić information content (AvgIpc) is 2.70. The second kappa shape index (κ2) is 4.59. The lowest BCUT2D eigenvalue weighted by Gasteiger charge is -2.11. The van der Waals surface area contributed by atoms with Crippen molar-refractivity contribution in [3.05, 3.63) is 39.9 Å². The summed E-state index contributed by atoms with van der Waals surface area (Å²) in [6.07, 6.45) is 1.85. The van der Waals surface area contributed by atoms with Crippen LogP contribution >= 0.6 is 22.9 Å². The van der Waals surface area contributed by atoms with E-state index in [2.05, 4.69) is 22.2 Å². The highest BCUT2D eigenvalue weighted by molar-refractivity contribution is 7.09. The van der Waals surface area contributed by atoms with Gasteiger partial charge in [0.25, 0.3) is 0 Å². The molecule has 1 unspecified atom stereocenters. The summed E-state index contributed by atoms with van der Waals surface area (Å²) in [5.74, 6) is 0.781. The molecular formula is C10H10ClN3S. The van der Waals surface area contributed by atoms with Crippen LogP contribution in [0.5, 0.6) is 0 Å². The van der Waals surface area contributed by atoms with Crippen LogP contribution in [0.1, 0.15) is 17.8 Å². The molecule has 78 valence electrons. The van der Waals surface area contributed by atoms with Gasteiger partial charge in [-0.1, -0.05) is 17.7 Å². The first-order valence-electron chi connectivity index (χ1n) is 4.53. The first kappa shape index (κ1) is 10.4. The minimum atomic E-state index is 0.198. The van der Waals surface area contributed by atoms with E-state index in [1.165, 1.54) is 4.88 Å². The van der Waals surface area contributed by atoms with E-state index in [1.54, 1.807) is 17.4 Å². The summed E-state index contributed by atoms with van der Waals surface area (Å²) < 4.78 is 0. The summed E-state index contributed by atoms with van der Waals surface area (Å²) in [5.41, 5.74) is 1.82. The Labute approximate surface area is 97.2 Å². The van der Waals surface area contributed by atoms with Crippen molar-refractivity contribution in [2.24, 2.45) is 0 Å². The minimum absolute atomic E-state index is 0.198. The Morgan fingerprint density at radius 3 is 3.00 bits per heavy atom. The molecule has 0 bridgehead atoms. The maximum absolute atomic E-state index is 5.79. The molecule has 0 aliphatic rings. The molecule has 1 N–H and O–H groups in total. The van der Waals surface area contributed by atoms with Crippen LogP contribution in [0.4, 0.5) is 5.82 Å². The highest BCUT2D eigenvalue weighted by Gasteiger charge is 2.07. The van der Waals surface area contributed by atoms with Crippen LogP contribution in [0.2, 0.25) is 5.15 Å². The van der Waals surface area contributed by atoms with Crippen molar-refractivity contribution >= 4 is 28.8 Å². The first-order chi connectivity index (χ1) is 7.25. The third kappa shape index (κ3) is 2.67. The molecular weight excluding hydrogens is 230 g/mol. The predicted molar refractivity (Wildman–Crippen MR) is 63.4 cm³/mol. The molecule has 0 aromatic carbocycles. The number of rotatable bonds is 3. The zero-order chi connectivity index (χ0) is 10.7. The number of pyridine rings is 1. The van der Waals surface area contributed by atoms with Crippen molar-refractivity contribution in [2.45, 2.75) is 13.0 Å². The number of hydrogen-bond acceptors (Lipinski definition) is 4. The standard InChI is InChI=1S/C10H10ClN3S/c1-7(8-5-12-6-15-8)13-10-4-2-3-9(11)14-10/h2-7H,1H3,(H,13,14). The topological polar surface area (TPSA) is 37.8 Å². The molecule has 2 aromatic heterocycles. The van der Waals surface area contributed by atoms with E-state index < -0.39 is 0 Å². The zero-order valence-corrected chi connectivity index (χ0v) is 9.72. The second-order valence-electron chi connectivity index (χ2n) is 3.12. The number of anilines is 1. The molecule has 0 saturated carbocycles. The van der Waals surface area contributed by atoms with Crippen LogP contribution in [-0.2, 0) is 0 Å². The molecule has 1 atom stereocenters. The third-order valence-electron chi connectivity index (χ3n) is 1.96. The number of nitrogens with one attached hydrogen (secondary N) is 1. The molecule has 0 aliphatic heterocycles. The van der Waals surface area contributed by atoms with E-state index in [0.717, 1.165) is 5.82 Å². The van der Waals surface area contributed by atoms with Gasteiger partial charge in [-0.2, -0.15) is 0 Å². The van der Waals surface area contributed by atoms with Crippen LogP contribution < -0.4 is 5.32 Å². The van der Waals surface area contributed by atoms with Crippen LogP contribution in [0, 0.1) is 0 Å². The van der Waals surface area contributed by atoms with Gasteiger partial charge in [-0.3, -0.25) is 4.98 Å². The summed E-state index contributed by atoms with van der Waals surface area (Å²) in [7, 11) is 0. The lowest BCUT2D eigenvalue weighted by atomic mass is 10.3. The molecule has 5 heteroatoms. The van der Waals surface area contributed by atoms with Crippen molar-refractivity contribution in [1.29, 1.82) is 0 Å². The Bertz CT molecular complexity index is 430. The van der Waals surface area contributed by atoms with E-state index in [0.29, 0.717) is 5.15 Å². The Morgan fingerprint density at radius 1 is 1.47 bits per heavy atom. The van der Waals surface area contributed by atoms with Gasteiger partial charge in [0.15, 0.2) is 0 Å². The smallest absolute Gasteiger partial charge is 0.131 e. The molecule has 0 radical (unpaired) electrons. The van der Waals surface area contributed by atoms with E-state index in [9.17, 15) is 0 Å². The molecule has 2 rings (SSSR count). The molecule has 15 heavy (non-hydrogen) atoms. The fraction of sp³-hybridized carbons (Fsp3) is 0.200. The monoisotopic (exact) mass is 239 g/mol. The molecule has 0 spiro atoms. The molecule has 3 nitrogen and oxygen atoms in total. The van der Waals surface area contributed by atoms with Gasteiger partial charge in [-0.05, 0) is 19.1 Å². The molecule has 0 fully saturated rings. The Morgan fingerprint density at radius 2 is 2.33 bits per heavy atom. The summed E-state index contributed by atoms with van der Waals surface area (Å²) in [5, 5.41) is 3.76. The lowest BCUT2D eigenvalue weighted by Crippen LogP contribution is -2.06. The van der Waals surface area contributed by atoms with Crippen molar-refractivity contribution in [1.82, 2.24) is 9.97 Å². The van der Waals surface area contributed by atoms with Gasteiger partial charge in [0.05, 0.1) is 11.6 Å². The van der Waals surface area contributed by atoms with Gasteiger partial charge in [0.1, 0.15) is 11.0 Å². The van der Waals surface area contributed by atoms with E-state index in [-0.39, 0.29) is 6.04 Å². The highest BCUT2D eigenvalue weighted by Crippen LogP contribution is 2.21. The number of halogens is 1. The van der Waals surface area contributed by atoms with Crippen LogP contribution in [-0.4, -0.2) is 9.97 Å². The normalized spacial score (nSPS) is 12.4. The van der Waals surface area contributed by atoms with E-state index >= 15 is 0 Å². The van der Waals surface area contributed by atoms with Gasteiger partial charge in [0.2, 0.25) is 0 Å². The second-order valence-corrected chi connectivity index (χ2v) is 4.42. The third-order valence-corrected chi connectivity index (χ3v) is 3.13. The van der Waals surface area contributed by atoms with Crippen molar-refractivity contribution in [3.8, 4) is 0 Å². The van der Waals surface area contributed by atoms with Gasteiger partial charge in [-0.25, -0.2) is 4.98 Å². The summed E-state index contributed by atoms with van der Waals surface area (Å²) in [4.78, 5) is 9.37. The Kier molecular flexibility index (Phi) is 3.18. The molecule has 2 aromatic rings. The molecule has 0 saturated heterocycles. The fourth-order valence-electron chi connectivity index (χ4n) is 1.22. The van der Waals surface area contributed by atoms with Gasteiger partial charge in [0, 0.05) is 11.1 Å². The summed E-state index contributed by atoms with van der Waals surface area (Å²) in [6.45, 7) is 2.07. The Balaban J connectivity index is 2.09. The van der Waals surface area contributed by atoms with Crippen LogP contribution in [0.3, 0.4) is 0 Å². The number of hydrogen-bond donors (Lipinski definition) is 1. The Hall–Kier alpha value is -1.13. The SMILES string of the molecule is CC(Nc1cccc(Cl)n1)c1cncs1. The summed E-state index contributed by atoms with van der Waals surface area (Å²) >= 11 is 7.41. The van der Waals surface area contributed by atoms with E-state index in [1.807, 2.05) is 23.8 Å². The van der Waals surface area contributed by atoms with Gasteiger partial charge < -0.3 is 5.32 Å². The lowest BCUT2D eigenvalue weighted by molar-refractivity contribution is 0.892. The maximum Gasteiger partial charge on any atom is 0.131 e. The van der Waals surface area contributed by atoms with Crippen molar-refractivity contribution in [3.63, 3.8) is 0 Å². The predicted octanol–water partition coefficient (Wildman–Crippen LogP) is 3.36. The summed E-state index contributed by atoms with van der Waals surface area (Å²) in [6, 6.07) is 5.72. The molecule has 0 amide bonds. The fourth-order valence-corrected chi connectivity index (χ4v) is 2.01. The van der Waals surface area contributed by atoms with Crippen molar-refractivity contribution < 1.29 is 0 Å². The molecule has 2 heterocycles. The number of nitrogens with zero attached hydrogens (tertiary/aromatic N) is 2. The average molecular weight is 240 g/mol. The van der Waals surface area contributed by atoms with Gasteiger partial charge >= 0.3 is 0 Å². The minimum Gasteiger partial charge on any atom is -0.363 e. The largest absolute Gasteiger partial charge is 0.363 e. The number of thiazole rings is 1.